The van der Waals surface area contributed by atoms with E-state index in [1.165, 1.54) is 0 Å². The van der Waals surface area contributed by atoms with Crippen LogP contribution in [0.25, 0.3) is 0 Å². The van der Waals surface area contributed by atoms with E-state index in [2.05, 4.69) is 33.9 Å². The molecule has 0 aliphatic heterocycles. The molecule has 1 aromatic rings. The van der Waals surface area contributed by atoms with Crippen molar-refractivity contribution >= 4 is 0 Å². The molecule has 0 unspecified atom stereocenters. The summed E-state index contributed by atoms with van der Waals surface area (Å²) in [6.07, 6.45) is 11.6. The van der Waals surface area contributed by atoms with Crippen LogP contribution in [0.5, 0.6) is 0 Å². The monoisotopic (exact) mass is 207 g/mol. The van der Waals surface area contributed by atoms with E-state index in [4.69, 9.17) is 0 Å². The summed E-state index contributed by atoms with van der Waals surface area (Å²) in [5.74, 6) is 1.16. The number of nitrogens with one attached hydrogen (secondary N) is 1. The van der Waals surface area contributed by atoms with Gasteiger partial charge in [0.15, 0.2) is 0 Å². The van der Waals surface area contributed by atoms with Gasteiger partial charge in [0.2, 0.25) is 0 Å². The Hall–Kier alpha value is -1.09. The molecule has 1 heterocycles. The topological polar surface area (TPSA) is 29.9 Å². The maximum absolute atomic E-state index is 4.28. The molecule has 0 amide bonds. The molecule has 0 spiro atoms. The molecule has 0 aromatic carbocycles. The minimum atomic E-state index is 1.03. The van der Waals surface area contributed by atoms with Gasteiger partial charge >= 0.3 is 0 Å². The lowest BCUT2D eigenvalue weighted by molar-refractivity contribution is 0.724. The van der Waals surface area contributed by atoms with Gasteiger partial charge in [0.1, 0.15) is 5.82 Å². The molecule has 0 radical (unpaired) electrons. The number of rotatable bonds is 7. The van der Waals surface area contributed by atoms with Crippen molar-refractivity contribution in [3.63, 3.8) is 0 Å². The van der Waals surface area contributed by atoms with Crippen LogP contribution in [0.15, 0.2) is 24.5 Å². The van der Waals surface area contributed by atoms with E-state index < -0.39 is 0 Å². The molecule has 1 rings (SSSR count). The van der Waals surface area contributed by atoms with Gasteiger partial charge in [-0.1, -0.05) is 19.1 Å². The maximum Gasteiger partial charge on any atom is 0.108 e. The first kappa shape index (κ1) is 12.0. The molecule has 3 nitrogen and oxygen atoms in total. The van der Waals surface area contributed by atoms with Crippen molar-refractivity contribution in [2.24, 2.45) is 7.05 Å². The third kappa shape index (κ3) is 4.79. The fourth-order valence-corrected chi connectivity index (χ4v) is 1.45. The lowest BCUT2D eigenvalue weighted by atomic mass is 10.2. The molecule has 0 saturated heterocycles. The number of hydrogen-bond donors (Lipinski definition) is 1. The third-order valence-electron chi connectivity index (χ3n) is 2.36. The second-order valence-electron chi connectivity index (χ2n) is 3.61. The summed E-state index contributed by atoms with van der Waals surface area (Å²) in [5.41, 5.74) is 0. The Kier molecular flexibility index (Phi) is 5.78. The predicted molar refractivity (Wildman–Crippen MR) is 63.8 cm³/mol. The molecular weight excluding hydrogens is 186 g/mol. The molecule has 1 aromatic heterocycles. The van der Waals surface area contributed by atoms with Crippen molar-refractivity contribution in [2.75, 3.05) is 13.1 Å². The largest absolute Gasteiger partial charge is 0.338 e. The standard InChI is InChI=1S/C12H21N3/c1-3-13-9-7-5-4-6-8-12-14-10-11-15(12)2/h4-5,10-11,13H,3,6-9H2,1-2H3/b5-4+. The van der Waals surface area contributed by atoms with Crippen LogP contribution < -0.4 is 5.32 Å². The Balaban J connectivity index is 2.08. The Morgan fingerprint density at radius 3 is 2.87 bits per heavy atom. The third-order valence-corrected chi connectivity index (χ3v) is 2.36. The predicted octanol–water partition coefficient (Wildman–Crippen LogP) is 1.91. The minimum Gasteiger partial charge on any atom is -0.338 e. The van der Waals surface area contributed by atoms with Crippen molar-refractivity contribution in [3.05, 3.63) is 30.4 Å². The van der Waals surface area contributed by atoms with Crippen molar-refractivity contribution < 1.29 is 0 Å². The van der Waals surface area contributed by atoms with Gasteiger partial charge in [0.05, 0.1) is 0 Å². The number of aryl methyl sites for hydroxylation is 2. The molecule has 0 fully saturated rings. The maximum atomic E-state index is 4.28. The highest BCUT2D eigenvalue weighted by Crippen LogP contribution is 1.99. The number of imidazole rings is 1. The first-order valence-electron chi connectivity index (χ1n) is 5.66. The molecule has 15 heavy (non-hydrogen) atoms. The second kappa shape index (κ2) is 7.23. The molecule has 0 bridgehead atoms. The molecule has 0 saturated carbocycles. The van der Waals surface area contributed by atoms with Crippen molar-refractivity contribution in [2.45, 2.75) is 26.2 Å². The van der Waals surface area contributed by atoms with Crippen LogP contribution in [0.2, 0.25) is 0 Å². The van der Waals surface area contributed by atoms with Crippen LogP contribution in [-0.2, 0) is 13.5 Å². The molecule has 1 N–H and O–H groups in total. The summed E-state index contributed by atoms with van der Waals surface area (Å²) < 4.78 is 2.08. The summed E-state index contributed by atoms with van der Waals surface area (Å²) in [5, 5.41) is 3.29. The number of aromatic nitrogens is 2. The molecular formula is C12H21N3. The summed E-state index contributed by atoms with van der Waals surface area (Å²) in [7, 11) is 2.04. The van der Waals surface area contributed by atoms with Crippen LogP contribution in [0.4, 0.5) is 0 Å². The van der Waals surface area contributed by atoms with Gasteiger partial charge in [-0.15, -0.1) is 0 Å². The quantitative estimate of drug-likeness (QED) is 0.547. The summed E-state index contributed by atoms with van der Waals surface area (Å²) in [4.78, 5) is 4.28. The van der Waals surface area contributed by atoms with Crippen LogP contribution in [0.1, 0.15) is 25.6 Å². The molecule has 3 heteroatoms. The van der Waals surface area contributed by atoms with Crippen LogP contribution >= 0.6 is 0 Å². The molecule has 0 aliphatic carbocycles. The number of nitrogens with zero attached hydrogens (tertiary/aromatic N) is 2. The lowest BCUT2D eigenvalue weighted by Gasteiger charge is -1.98. The highest BCUT2D eigenvalue weighted by atomic mass is 15.0. The van der Waals surface area contributed by atoms with E-state index in [-0.39, 0.29) is 0 Å². The van der Waals surface area contributed by atoms with Crippen molar-refractivity contribution in [3.8, 4) is 0 Å². The van der Waals surface area contributed by atoms with Gasteiger partial charge in [-0.25, -0.2) is 4.98 Å². The summed E-state index contributed by atoms with van der Waals surface area (Å²) >= 11 is 0. The number of hydrogen-bond acceptors (Lipinski definition) is 2. The average molecular weight is 207 g/mol. The van der Waals surface area contributed by atoms with Gasteiger partial charge in [-0.3, -0.25) is 0 Å². The van der Waals surface area contributed by atoms with Gasteiger partial charge in [0, 0.05) is 25.9 Å². The van der Waals surface area contributed by atoms with E-state index in [0.717, 1.165) is 38.2 Å². The Morgan fingerprint density at radius 2 is 2.20 bits per heavy atom. The zero-order valence-electron chi connectivity index (χ0n) is 9.74. The summed E-state index contributed by atoms with van der Waals surface area (Å²) in [6, 6.07) is 0. The Bertz CT molecular complexity index is 289. The van der Waals surface area contributed by atoms with E-state index in [1.807, 2.05) is 19.4 Å². The fraction of sp³-hybridized carbons (Fsp3) is 0.583. The average Bonchev–Trinajstić information content (AvgIpc) is 2.63. The van der Waals surface area contributed by atoms with Gasteiger partial charge < -0.3 is 9.88 Å². The van der Waals surface area contributed by atoms with Crippen LogP contribution in [0, 0.1) is 0 Å². The van der Waals surface area contributed by atoms with E-state index >= 15 is 0 Å². The Labute approximate surface area is 92.2 Å². The highest BCUT2D eigenvalue weighted by molar-refractivity contribution is 4.94. The fourth-order valence-electron chi connectivity index (χ4n) is 1.45. The number of allylic oxidation sites excluding steroid dienone is 1. The zero-order valence-corrected chi connectivity index (χ0v) is 9.74. The smallest absolute Gasteiger partial charge is 0.108 e. The van der Waals surface area contributed by atoms with Gasteiger partial charge in [-0.2, -0.15) is 0 Å². The normalized spacial score (nSPS) is 11.3. The van der Waals surface area contributed by atoms with E-state index in [9.17, 15) is 0 Å². The van der Waals surface area contributed by atoms with Crippen molar-refractivity contribution in [1.82, 2.24) is 14.9 Å². The highest BCUT2D eigenvalue weighted by Gasteiger charge is 1.95. The molecule has 0 atom stereocenters. The van der Waals surface area contributed by atoms with Crippen LogP contribution in [0.3, 0.4) is 0 Å². The molecule has 84 valence electrons. The minimum absolute atomic E-state index is 1.03. The van der Waals surface area contributed by atoms with Gasteiger partial charge in [0.25, 0.3) is 0 Å². The lowest BCUT2D eigenvalue weighted by Crippen LogP contribution is -2.12. The molecule has 0 aliphatic rings. The second-order valence-corrected chi connectivity index (χ2v) is 3.61. The summed E-state index contributed by atoms with van der Waals surface area (Å²) in [6.45, 7) is 4.27. The first-order valence-corrected chi connectivity index (χ1v) is 5.66. The first-order chi connectivity index (χ1) is 7.34. The van der Waals surface area contributed by atoms with Crippen LogP contribution in [-0.4, -0.2) is 22.6 Å². The SMILES string of the molecule is CCNCC/C=C/CCc1nccn1C. The van der Waals surface area contributed by atoms with Gasteiger partial charge in [-0.05, 0) is 25.9 Å². The van der Waals surface area contributed by atoms with E-state index in [0.29, 0.717) is 0 Å². The van der Waals surface area contributed by atoms with E-state index in [1.54, 1.807) is 0 Å². The zero-order chi connectivity index (χ0) is 10.9. The van der Waals surface area contributed by atoms with Crippen molar-refractivity contribution in [1.29, 1.82) is 0 Å². The Morgan fingerprint density at radius 1 is 1.40 bits per heavy atom.